The van der Waals surface area contributed by atoms with Crippen LogP contribution in [0.25, 0.3) is 0 Å². The van der Waals surface area contributed by atoms with Gasteiger partial charge < -0.3 is 0 Å². The maximum Gasteiger partial charge on any atom is 0.300 e. The Morgan fingerprint density at radius 2 is 2.14 bits per heavy atom. The molecular weight excluding hydrogens is 406 g/mol. The second-order valence-electron chi connectivity index (χ2n) is 3.92. The normalized spacial score (nSPS) is 11.4. The van der Waals surface area contributed by atoms with E-state index in [2.05, 4.69) is 25.6 Å². The molecular formula is C10H7BrClN3O4S2. The molecule has 2 aromatic rings. The third kappa shape index (κ3) is 3.51. The molecule has 0 unspecified atom stereocenters. The summed E-state index contributed by atoms with van der Waals surface area (Å²) in [6.45, 7) is 1.75. The molecule has 0 saturated heterocycles. The smallest absolute Gasteiger partial charge is 0.277 e. The summed E-state index contributed by atoms with van der Waals surface area (Å²) in [7, 11) is -3.95. The van der Waals surface area contributed by atoms with Crippen molar-refractivity contribution in [2.75, 3.05) is 4.72 Å². The second-order valence-corrected chi connectivity index (χ2v) is 8.23. The number of nitrogens with zero attached hydrogens (tertiary/aromatic N) is 2. The van der Waals surface area contributed by atoms with Gasteiger partial charge in [-0.3, -0.25) is 14.8 Å². The van der Waals surface area contributed by atoms with E-state index in [1.807, 2.05) is 0 Å². The summed E-state index contributed by atoms with van der Waals surface area (Å²) in [5.41, 5.74) is 0.556. The van der Waals surface area contributed by atoms with Crippen LogP contribution in [0.15, 0.2) is 27.1 Å². The van der Waals surface area contributed by atoms with Gasteiger partial charge in [0.1, 0.15) is 8.81 Å². The summed E-state index contributed by atoms with van der Waals surface area (Å²) in [6.07, 6.45) is 1.33. The van der Waals surface area contributed by atoms with Gasteiger partial charge in [-0.15, -0.1) is 11.3 Å². The van der Waals surface area contributed by atoms with E-state index in [9.17, 15) is 18.5 Å². The first-order chi connectivity index (χ1) is 9.70. The van der Waals surface area contributed by atoms with Crippen LogP contribution < -0.4 is 4.72 Å². The minimum absolute atomic E-state index is 0.189. The van der Waals surface area contributed by atoms with Crippen LogP contribution in [0.4, 0.5) is 11.4 Å². The minimum atomic E-state index is -3.95. The standard InChI is InChI=1S/C10H7BrClN3O4S2/c1-5-2-6(4-13-9(5)11)14-21(18,19)8-3-7(15(16)17)10(12)20-8/h2-4,14H,1H3. The third-order valence-electron chi connectivity index (χ3n) is 2.37. The van der Waals surface area contributed by atoms with Crippen LogP contribution in [0, 0.1) is 17.0 Å². The zero-order valence-corrected chi connectivity index (χ0v) is 14.3. The van der Waals surface area contributed by atoms with Crippen LogP contribution in [-0.2, 0) is 10.0 Å². The molecule has 1 N–H and O–H groups in total. The molecule has 7 nitrogen and oxygen atoms in total. The van der Waals surface area contributed by atoms with Crippen LogP contribution in [0.1, 0.15) is 5.56 Å². The number of hydrogen-bond donors (Lipinski definition) is 1. The lowest BCUT2D eigenvalue weighted by molar-refractivity contribution is -0.384. The van der Waals surface area contributed by atoms with Gasteiger partial charge in [0.05, 0.1) is 16.8 Å². The first-order valence-electron chi connectivity index (χ1n) is 5.29. The number of thiophene rings is 1. The van der Waals surface area contributed by atoms with E-state index < -0.39 is 20.6 Å². The van der Waals surface area contributed by atoms with Gasteiger partial charge in [0.2, 0.25) is 0 Å². The van der Waals surface area contributed by atoms with Crippen LogP contribution in [0.2, 0.25) is 4.34 Å². The Labute approximate surface area is 137 Å². The quantitative estimate of drug-likeness (QED) is 0.470. The average molecular weight is 413 g/mol. The number of hydrogen-bond acceptors (Lipinski definition) is 6. The predicted molar refractivity (Wildman–Crippen MR) is 83.5 cm³/mol. The van der Waals surface area contributed by atoms with Crippen LogP contribution in [0.3, 0.4) is 0 Å². The summed E-state index contributed by atoms with van der Waals surface area (Å²) < 4.78 is 26.8. The fourth-order valence-electron chi connectivity index (χ4n) is 1.41. The minimum Gasteiger partial charge on any atom is -0.277 e. The number of nitrogens with one attached hydrogen (secondary N) is 1. The van der Waals surface area contributed by atoms with Crippen molar-refractivity contribution in [3.05, 3.63) is 42.9 Å². The maximum atomic E-state index is 12.2. The zero-order valence-electron chi connectivity index (χ0n) is 10.3. The lowest BCUT2D eigenvalue weighted by atomic mass is 10.3. The van der Waals surface area contributed by atoms with Crippen molar-refractivity contribution in [3.8, 4) is 0 Å². The van der Waals surface area contributed by atoms with Crippen molar-refractivity contribution in [2.24, 2.45) is 0 Å². The Morgan fingerprint density at radius 1 is 1.48 bits per heavy atom. The van der Waals surface area contributed by atoms with Gasteiger partial charge in [0.25, 0.3) is 15.7 Å². The molecule has 2 heterocycles. The van der Waals surface area contributed by atoms with Crippen molar-refractivity contribution in [1.29, 1.82) is 0 Å². The van der Waals surface area contributed by atoms with E-state index in [1.54, 1.807) is 13.0 Å². The number of rotatable bonds is 4. The van der Waals surface area contributed by atoms with Gasteiger partial charge in [0, 0.05) is 6.07 Å². The number of aromatic nitrogens is 1. The van der Waals surface area contributed by atoms with Crippen molar-refractivity contribution in [3.63, 3.8) is 0 Å². The Balaban J connectivity index is 2.36. The molecule has 0 aliphatic rings. The van der Waals surface area contributed by atoms with Gasteiger partial charge in [-0.2, -0.15) is 0 Å². The Bertz CT molecular complexity index is 822. The predicted octanol–water partition coefficient (Wildman–Crippen LogP) is 3.58. The van der Waals surface area contributed by atoms with E-state index in [1.165, 1.54) is 6.20 Å². The lowest BCUT2D eigenvalue weighted by Gasteiger charge is -2.06. The average Bonchev–Trinajstić information content (AvgIpc) is 2.77. The summed E-state index contributed by atoms with van der Waals surface area (Å²) in [5, 5.41) is 10.7. The first-order valence-corrected chi connectivity index (χ1v) is 8.76. The summed E-state index contributed by atoms with van der Waals surface area (Å²) in [5.74, 6) is 0. The number of pyridine rings is 1. The molecule has 0 radical (unpaired) electrons. The second kappa shape index (κ2) is 5.87. The maximum absolute atomic E-state index is 12.2. The highest BCUT2D eigenvalue weighted by atomic mass is 79.9. The van der Waals surface area contributed by atoms with E-state index in [-0.39, 0.29) is 14.2 Å². The molecule has 0 aliphatic carbocycles. The van der Waals surface area contributed by atoms with Crippen molar-refractivity contribution in [1.82, 2.24) is 4.98 Å². The van der Waals surface area contributed by atoms with Gasteiger partial charge in [-0.1, -0.05) is 11.6 Å². The summed E-state index contributed by atoms with van der Waals surface area (Å²) in [6, 6.07) is 2.51. The highest BCUT2D eigenvalue weighted by molar-refractivity contribution is 9.10. The number of aryl methyl sites for hydroxylation is 1. The largest absolute Gasteiger partial charge is 0.300 e. The first kappa shape index (κ1) is 16.1. The van der Waals surface area contributed by atoms with Crippen molar-refractivity contribution in [2.45, 2.75) is 11.1 Å². The Morgan fingerprint density at radius 3 is 2.67 bits per heavy atom. The Kier molecular flexibility index (Phi) is 4.51. The van der Waals surface area contributed by atoms with Gasteiger partial charge >= 0.3 is 0 Å². The van der Waals surface area contributed by atoms with E-state index >= 15 is 0 Å². The molecule has 0 amide bonds. The fourth-order valence-corrected chi connectivity index (χ4v) is 4.33. The molecule has 0 bridgehead atoms. The molecule has 2 aromatic heterocycles. The van der Waals surface area contributed by atoms with Crippen LogP contribution in [0.5, 0.6) is 0 Å². The molecule has 0 aromatic carbocycles. The monoisotopic (exact) mass is 411 g/mol. The third-order valence-corrected chi connectivity index (χ3v) is 6.40. The molecule has 0 fully saturated rings. The van der Waals surface area contributed by atoms with Crippen molar-refractivity contribution < 1.29 is 13.3 Å². The number of anilines is 1. The number of sulfonamides is 1. The van der Waals surface area contributed by atoms with E-state index in [0.29, 0.717) is 15.9 Å². The molecule has 21 heavy (non-hydrogen) atoms. The number of halogens is 2. The molecule has 0 atom stereocenters. The molecule has 0 saturated carbocycles. The van der Waals surface area contributed by atoms with E-state index in [0.717, 1.165) is 11.6 Å². The van der Waals surface area contributed by atoms with Crippen molar-refractivity contribution >= 4 is 60.3 Å². The number of nitro groups is 1. The topological polar surface area (TPSA) is 102 Å². The fraction of sp³-hybridized carbons (Fsp3) is 0.100. The molecule has 11 heteroatoms. The molecule has 2 rings (SSSR count). The van der Waals surface area contributed by atoms with E-state index in [4.69, 9.17) is 11.6 Å². The summed E-state index contributed by atoms with van der Waals surface area (Å²) in [4.78, 5) is 13.9. The molecule has 0 spiro atoms. The lowest BCUT2D eigenvalue weighted by Crippen LogP contribution is -2.11. The van der Waals surface area contributed by atoms with Gasteiger partial charge in [-0.05, 0) is 34.5 Å². The van der Waals surface area contributed by atoms with Crippen LogP contribution in [-0.4, -0.2) is 18.3 Å². The van der Waals surface area contributed by atoms with Crippen LogP contribution >= 0.6 is 38.9 Å². The molecule has 112 valence electrons. The highest BCUT2D eigenvalue weighted by Gasteiger charge is 2.25. The Hall–Kier alpha value is -1.23. The summed E-state index contributed by atoms with van der Waals surface area (Å²) >= 11 is 9.48. The zero-order chi connectivity index (χ0) is 15.8. The molecule has 0 aliphatic heterocycles. The van der Waals surface area contributed by atoms with Gasteiger partial charge in [-0.25, -0.2) is 13.4 Å². The SMILES string of the molecule is Cc1cc(NS(=O)(=O)c2cc([N+](=O)[O-])c(Cl)s2)cnc1Br. The highest BCUT2D eigenvalue weighted by Crippen LogP contribution is 2.36. The van der Waals surface area contributed by atoms with Gasteiger partial charge in [0.15, 0.2) is 4.34 Å².